The van der Waals surface area contributed by atoms with E-state index in [0.717, 1.165) is 17.6 Å². The van der Waals surface area contributed by atoms with Crippen LogP contribution in [0.15, 0.2) is 53.4 Å². The van der Waals surface area contributed by atoms with Crippen molar-refractivity contribution in [2.24, 2.45) is 0 Å². The van der Waals surface area contributed by atoms with Crippen LogP contribution in [0, 0.1) is 5.82 Å². The van der Waals surface area contributed by atoms with Crippen molar-refractivity contribution >= 4 is 33.7 Å². The number of amides is 1. The van der Waals surface area contributed by atoms with Gasteiger partial charge in [0, 0.05) is 31.1 Å². The number of anilines is 1. The second-order valence-corrected chi connectivity index (χ2v) is 7.32. The molecule has 1 N–H and O–H groups in total. The van der Waals surface area contributed by atoms with Gasteiger partial charge in [0.2, 0.25) is 5.91 Å². The number of benzene rings is 1. The SMILES string of the molecule is CN(C)CCn1ccc(NC(=O)/C=C/c2ccc(-n3cc(Br)cn3)c(F)c2)n1. The Morgan fingerprint density at radius 2 is 2.18 bits per heavy atom. The van der Waals surface area contributed by atoms with E-state index in [2.05, 4.69) is 36.3 Å². The molecule has 0 spiro atoms. The fourth-order valence-electron chi connectivity index (χ4n) is 2.44. The van der Waals surface area contributed by atoms with Crippen LogP contribution in [0.1, 0.15) is 5.56 Å². The molecule has 0 aliphatic rings. The zero-order valence-corrected chi connectivity index (χ0v) is 17.1. The zero-order chi connectivity index (χ0) is 20.1. The lowest BCUT2D eigenvalue weighted by atomic mass is 10.2. The first-order valence-corrected chi connectivity index (χ1v) is 9.37. The molecule has 2 heterocycles. The van der Waals surface area contributed by atoms with Gasteiger partial charge in [0.15, 0.2) is 5.82 Å². The Balaban J connectivity index is 1.60. The summed E-state index contributed by atoms with van der Waals surface area (Å²) in [5.41, 5.74) is 0.898. The number of nitrogens with one attached hydrogen (secondary N) is 1. The number of carbonyl (C=O) groups is 1. The minimum Gasteiger partial charge on any atom is -0.308 e. The molecule has 9 heteroatoms. The molecule has 0 aliphatic carbocycles. The van der Waals surface area contributed by atoms with Crippen LogP contribution in [0.3, 0.4) is 0 Å². The van der Waals surface area contributed by atoms with Gasteiger partial charge in [-0.3, -0.25) is 9.48 Å². The van der Waals surface area contributed by atoms with Crippen LogP contribution in [-0.2, 0) is 11.3 Å². The maximum Gasteiger partial charge on any atom is 0.249 e. The molecule has 1 amide bonds. The Morgan fingerprint density at radius 3 is 2.86 bits per heavy atom. The topological polar surface area (TPSA) is 68.0 Å². The quantitative estimate of drug-likeness (QED) is 0.565. The van der Waals surface area contributed by atoms with Crippen molar-refractivity contribution < 1.29 is 9.18 Å². The number of likely N-dealkylation sites (N-methyl/N-ethyl adjacent to an activating group) is 1. The van der Waals surface area contributed by atoms with E-state index in [0.29, 0.717) is 17.1 Å². The molecule has 0 fully saturated rings. The lowest BCUT2D eigenvalue weighted by Gasteiger charge is -2.08. The molecule has 0 saturated heterocycles. The van der Waals surface area contributed by atoms with E-state index in [1.165, 1.54) is 16.8 Å². The largest absolute Gasteiger partial charge is 0.308 e. The smallest absolute Gasteiger partial charge is 0.249 e. The molecule has 0 aliphatic heterocycles. The van der Waals surface area contributed by atoms with Gasteiger partial charge in [-0.15, -0.1) is 0 Å². The van der Waals surface area contributed by atoms with Crippen molar-refractivity contribution in [3.8, 4) is 5.69 Å². The Morgan fingerprint density at radius 1 is 1.36 bits per heavy atom. The highest BCUT2D eigenvalue weighted by atomic mass is 79.9. The van der Waals surface area contributed by atoms with Gasteiger partial charge >= 0.3 is 0 Å². The number of aromatic nitrogens is 4. The summed E-state index contributed by atoms with van der Waals surface area (Å²) in [6.45, 7) is 1.59. The fourth-order valence-corrected chi connectivity index (χ4v) is 2.73. The van der Waals surface area contributed by atoms with Gasteiger partial charge in [0.25, 0.3) is 0 Å². The molecule has 1 aromatic carbocycles. The van der Waals surface area contributed by atoms with E-state index in [4.69, 9.17) is 0 Å². The standard InChI is InChI=1S/C19H20BrFN6O/c1-25(2)9-10-26-8-7-18(24-26)23-19(28)6-4-14-3-5-17(16(21)11-14)27-13-15(20)12-22-27/h3-8,11-13H,9-10H2,1-2H3,(H,23,24,28)/b6-4+. The first-order chi connectivity index (χ1) is 13.4. The minimum absolute atomic E-state index is 0.329. The highest BCUT2D eigenvalue weighted by molar-refractivity contribution is 9.10. The van der Waals surface area contributed by atoms with E-state index < -0.39 is 5.82 Å². The van der Waals surface area contributed by atoms with E-state index in [1.807, 2.05) is 20.3 Å². The number of carbonyl (C=O) groups excluding carboxylic acids is 1. The van der Waals surface area contributed by atoms with Crippen LogP contribution in [0.5, 0.6) is 0 Å². The maximum atomic E-state index is 14.3. The molecule has 0 saturated carbocycles. The Hall–Kier alpha value is -2.78. The molecular weight excluding hydrogens is 427 g/mol. The molecule has 0 atom stereocenters. The Kier molecular flexibility index (Phi) is 6.37. The highest BCUT2D eigenvalue weighted by Crippen LogP contribution is 2.18. The number of hydrogen-bond donors (Lipinski definition) is 1. The normalized spacial score (nSPS) is 11.5. The first kappa shape index (κ1) is 20.0. The van der Waals surface area contributed by atoms with Crippen molar-refractivity contribution in [3.05, 3.63) is 64.8 Å². The van der Waals surface area contributed by atoms with Gasteiger partial charge in [-0.1, -0.05) is 6.07 Å². The zero-order valence-electron chi connectivity index (χ0n) is 15.5. The molecule has 3 rings (SSSR count). The third-order valence-electron chi connectivity index (χ3n) is 3.87. The van der Waals surface area contributed by atoms with Gasteiger partial charge in [-0.25, -0.2) is 9.07 Å². The summed E-state index contributed by atoms with van der Waals surface area (Å²) in [6, 6.07) is 6.41. The van der Waals surface area contributed by atoms with Crippen molar-refractivity contribution in [1.29, 1.82) is 0 Å². The lowest BCUT2D eigenvalue weighted by Crippen LogP contribution is -2.18. The van der Waals surface area contributed by atoms with Gasteiger partial charge in [-0.2, -0.15) is 10.2 Å². The van der Waals surface area contributed by atoms with Crippen molar-refractivity contribution in [2.75, 3.05) is 26.0 Å². The van der Waals surface area contributed by atoms with Crippen molar-refractivity contribution in [3.63, 3.8) is 0 Å². The van der Waals surface area contributed by atoms with E-state index >= 15 is 0 Å². The summed E-state index contributed by atoms with van der Waals surface area (Å²) in [7, 11) is 3.97. The average molecular weight is 447 g/mol. The van der Waals surface area contributed by atoms with E-state index in [1.54, 1.807) is 41.4 Å². The van der Waals surface area contributed by atoms with Gasteiger partial charge in [-0.05, 0) is 53.8 Å². The summed E-state index contributed by atoms with van der Waals surface area (Å²) >= 11 is 3.28. The Bertz CT molecular complexity index is 994. The third kappa shape index (κ3) is 5.37. The fraction of sp³-hybridized carbons (Fsp3) is 0.211. The van der Waals surface area contributed by atoms with Gasteiger partial charge < -0.3 is 10.2 Å². The number of hydrogen-bond acceptors (Lipinski definition) is 4. The molecular formula is C19H20BrFN6O. The van der Waals surface area contributed by atoms with E-state index in [9.17, 15) is 9.18 Å². The second kappa shape index (κ2) is 8.94. The molecule has 3 aromatic rings. The molecule has 28 heavy (non-hydrogen) atoms. The Labute approximate surface area is 170 Å². The third-order valence-corrected chi connectivity index (χ3v) is 4.27. The molecule has 0 unspecified atom stereocenters. The lowest BCUT2D eigenvalue weighted by molar-refractivity contribution is -0.111. The molecule has 0 radical (unpaired) electrons. The summed E-state index contributed by atoms with van der Waals surface area (Å²) < 4.78 is 18.3. The number of halogens is 2. The second-order valence-electron chi connectivity index (χ2n) is 6.40. The summed E-state index contributed by atoms with van der Waals surface area (Å²) in [5, 5.41) is 11.0. The van der Waals surface area contributed by atoms with Crippen molar-refractivity contribution in [2.45, 2.75) is 6.54 Å². The molecule has 2 aromatic heterocycles. The number of nitrogens with zero attached hydrogens (tertiary/aromatic N) is 5. The van der Waals surface area contributed by atoms with Crippen LogP contribution < -0.4 is 5.32 Å². The van der Waals surface area contributed by atoms with Crippen LogP contribution in [0.25, 0.3) is 11.8 Å². The molecule has 0 bridgehead atoms. The molecule has 7 nitrogen and oxygen atoms in total. The number of rotatable bonds is 7. The van der Waals surface area contributed by atoms with Crippen molar-refractivity contribution in [1.82, 2.24) is 24.5 Å². The average Bonchev–Trinajstić information content (AvgIpc) is 3.27. The summed E-state index contributed by atoms with van der Waals surface area (Å²) in [5.74, 6) is -0.296. The molecule has 146 valence electrons. The monoisotopic (exact) mass is 446 g/mol. The van der Waals surface area contributed by atoms with Crippen LogP contribution in [-0.4, -0.2) is 51.0 Å². The summed E-state index contributed by atoms with van der Waals surface area (Å²) in [6.07, 6.45) is 7.95. The van der Waals surface area contributed by atoms with E-state index in [-0.39, 0.29) is 5.91 Å². The van der Waals surface area contributed by atoms with Crippen LogP contribution in [0.4, 0.5) is 10.2 Å². The van der Waals surface area contributed by atoms with Gasteiger partial charge in [0.05, 0.1) is 17.2 Å². The predicted molar refractivity (Wildman–Crippen MR) is 110 cm³/mol. The van der Waals surface area contributed by atoms with Gasteiger partial charge in [0.1, 0.15) is 11.5 Å². The first-order valence-electron chi connectivity index (χ1n) is 8.58. The van der Waals surface area contributed by atoms with Crippen LogP contribution in [0.2, 0.25) is 0 Å². The van der Waals surface area contributed by atoms with Crippen LogP contribution >= 0.6 is 15.9 Å². The summed E-state index contributed by atoms with van der Waals surface area (Å²) in [4.78, 5) is 14.1. The maximum absolute atomic E-state index is 14.3. The minimum atomic E-state index is -0.433. The highest BCUT2D eigenvalue weighted by Gasteiger charge is 2.07. The predicted octanol–water partition coefficient (Wildman–Crippen LogP) is 3.18.